The van der Waals surface area contributed by atoms with Gasteiger partial charge in [0.15, 0.2) is 0 Å². The van der Waals surface area contributed by atoms with Gasteiger partial charge in [-0.05, 0) is 27.7 Å². The van der Waals surface area contributed by atoms with Gasteiger partial charge in [-0.25, -0.2) is 4.79 Å². The zero-order chi connectivity index (χ0) is 17.6. The van der Waals surface area contributed by atoms with Crippen LogP contribution in [0, 0.1) is 19.3 Å². The number of hydrogen-bond acceptors (Lipinski definition) is 4. The average molecular weight is 325 g/mol. The van der Waals surface area contributed by atoms with Crippen LogP contribution >= 0.6 is 0 Å². The number of nitrogens with zero attached hydrogens (tertiary/aromatic N) is 2. The Labute approximate surface area is 136 Å². The molecule has 0 aliphatic heterocycles. The van der Waals surface area contributed by atoms with Crippen LogP contribution in [0.3, 0.4) is 0 Å². The van der Waals surface area contributed by atoms with E-state index in [0.717, 1.165) is 17.0 Å². The largest absolute Gasteiger partial charge is 0.383 e. The molecule has 0 unspecified atom stereocenters. The van der Waals surface area contributed by atoms with Crippen LogP contribution in [0.2, 0.25) is 0 Å². The number of hydrogen-bond donors (Lipinski definition) is 3. The van der Waals surface area contributed by atoms with Crippen LogP contribution in [-0.2, 0) is 22.6 Å². The topological polar surface area (TPSA) is 111 Å². The minimum atomic E-state index is -0.784. The van der Waals surface area contributed by atoms with E-state index in [1.165, 1.54) is 0 Å². The van der Waals surface area contributed by atoms with Gasteiger partial charge in [-0.15, -0.1) is 0 Å². The van der Waals surface area contributed by atoms with E-state index in [1.54, 1.807) is 21.0 Å². The number of aromatic nitrogens is 2. The molecule has 130 valence electrons. The molecule has 1 aromatic heterocycles. The van der Waals surface area contributed by atoms with Gasteiger partial charge in [0.05, 0.1) is 24.3 Å². The van der Waals surface area contributed by atoms with Gasteiger partial charge in [0.1, 0.15) is 0 Å². The van der Waals surface area contributed by atoms with Crippen LogP contribution in [-0.4, -0.2) is 42.0 Å². The van der Waals surface area contributed by atoms with Crippen molar-refractivity contribution in [3.8, 4) is 0 Å². The number of aryl methyl sites for hydroxylation is 1. The van der Waals surface area contributed by atoms with Gasteiger partial charge in [-0.1, -0.05) is 0 Å². The highest BCUT2D eigenvalue weighted by atomic mass is 16.5. The van der Waals surface area contributed by atoms with Gasteiger partial charge in [0.2, 0.25) is 5.91 Å². The fourth-order valence-electron chi connectivity index (χ4n) is 2.00. The number of ether oxygens (including phenoxy) is 1. The van der Waals surface area contributed by atoms with Crippen molar-refractivity contribution in [1.29, 1.82) is 0 Å². The summed E-state index contributed by atoms with van der Waals surface area (Å²) in [6.07, 6.45) is 0. The summed E-state index contributed by atoms with van der Waals surface area (Å²) in [7, 11) is 1.64. The minimum Gasteiger partial charge on any atom is -0.383 e. The van der Waals surface area contributed by atoms with Gasteiger partial charge < -0.3 is 21.1 Å². The number of primary amides is 1. The molecule has 0 fully saturated rings. The van der Waals surface area contributed by atoms with Crippen LogP contribution < -0.4 is 16.4 Å². The first-order chi connectivity index (χ1) is 10.7. The first-order valence-electron chi connectivity index (χ1n) is 7.52. The number of urea groups is 1. The number of carbonyl (C=O) groups is 2. The lowest BCUT2D eigenvalue weighted by Gasteiger charge is -2.20. The number of amides is 3. The number of methoxy groups -OCH3 is 1. The number of rotatable bonds is 8. The maximum Gasteiger partial charge on any atom is 0.315 e. The van der Waals surface area contributed by atoms with Gasteiger partial charge in [0.25, 0.3) is 0 Å². The van der Waals surface area contributed by atoms with E-state index in [1.807, 2.05) is 18.5 Å². The highest BCUT2D eigenvalue weighted by Crippen LogP contribution is 2.13. The molecule has 8 nitrogen and oxygen atoms in total. The van der Waals surface area contributed by atoms with Crippen molar-refractivity contribution in [2.75, 3.05) is 20.3 Å². The molecule has 23 heavy (non-hydrogen) atoms. The Hall–Kier alpha value is -2.09. The van der Waals surface area contributed by atoms with Gasteiger partial charge in [0, 0.05) is 31.5 Å². The van der Waals surface area contributed by atoms with Crippen molar-refractivity contribution in [2.24, 2.45) is 11.1 Å². The van der Waals surface area contributed by atoms with Crippen molar-refractivity contribution in [3.05, 3.63) is 17.0 Å². The van der Waals surface area contributed by atoms with E-state index in [4.69, 9.17) is 10.5 Å². The molecule has 0 bridgehead atoms. The molecule has 4 N–H and O–H groups in total. The van der Waals surface area contributed by atoms with E-state index < -0.39 is 11.3 Å². The summed E-state index contributed by atoms with van der Waals surface area (Å²) < 4.78 is 6.92. The maximum atomic E-state index is 11.9. The van der Waals surface area contributed by atoms with E-state index >= 15 is 0 Å². The number of nitrogens with one attached hydrogen (secondary N) is 2. The summed E-state index contributed by atoms with van der Waals surface area (Å²) in [4.78, 5) is 23.1. The molecule has 0 saturated heterocycles. The Morgan fingerprint density at radius 3 is 2.52 bits per heavy atom. The molecule has 0 radical (unpaired) electrons. The van der Waals surface area contributed by atoms with Crippen LogP contribution in [0.5, 0.6) is 0 Å². The Morgan fingerprint density at radius 2 is 1.96 bits per heavy atom. The van der Waals surface area contributed by atoms with Crippen LogP contribution in [0.15, 0.2) is 0 Å². The van der Waals surface area contributed by atoms with Crippen molar-refractivity contribution in [2.45, 2.75) is 40.8 Å². The highest BCUT2D eigenvalue weighted by Gasteiger charge is 2.25. The molecule has 0 aliphatic rings. The summed E-state index contributed by atoms with van der Waals surface area (Å²) in [5.41, 5.74) is 7.33. The molecule has 0 spiro atoms. The lowest BCUT2D eigenvalue weighted by molar-refractivity contribution is -0.125. The van der Waals surface area contributed by atoms with Crippen molar-refractivity contribution >= 4 is 11.9 Å². The predicted molar refractivity (Wildman–Crippen MR) is 86.8 cm³/mol. The lowest BCUT2D eigenvalue weighted by Crippen LogP contribution is -2.45. The second kappa shape index (κ2) is 7.96. The molecule has 3 amide bonds. The number of carbonyl (C=O) groups excluding carboxylic acids is 2. The highest BCUT2D eigenvalue weighted by molar-refractivity contribution is 5.81. The van der Waals surface area contributed by atoms with Gasteiger partial charge in [-0.3, -0.25) is 9.48 Å². The first-order valence-corrected chi connectivity index (χ1v) is 7.52. The Bertz CT molecular complexity index is 566. The molecule has 1 heterocycles. The smallest absolute Gasteiger partial charge is 0.315 e. The molecule has 0 aromatic carbocycles. The standard InChI is InChI=1S/C15H27N5O3/c1-10-12(11(2)20(19-10)6-7-23-5)8-17-14(22)18-9-15(3,4)13(16)21/h6-9H2,1-5H3,(H2,16,21)(H2,17,18,22). The lowest BCUT2D eigenvalue weighted by atomic mass is 9.93. The molecule has 8 heteroatoms. The Kier molecular flexibility index (Phi) is 6.56. The quantitative estimate of drug-likeness (QED) is 0.644. The normalized spacial score (nSPS) is 11.3. The first kappa shape index (κ1) is 19.0. The van der Waals surface area contributed by atoms with Crippen LogP contribution in [0.25, 0.3) is 0 Å². The summed E-state index contributed by atoms with van der Waals surface area (Å²) in [5.74, 6) is -0.455. The van der Waals surface area contributed by atoms with Crippen molar-refractivity contribution in [1.82, 2.24) is 20.4 Å². The fraction of sp³-hybridized carbons (Fsp3) is 0.667. The molecule has 1 aromatic rings. The monoisotopic (exact) mass is 325 g/mol. The third kappa shape index (κ3) is 5.24. The molecule has 0 atom stereocenters. The van der Waals surface area contributed by atoms with Crippen LogP contribution in [0.4, 0.5) is 4.79 Å². The Balaban J connectivity index is 2.56. The summed E-state index contributed by atoms with van der Waals surface area (Å²) in [6.45, 7) is 9.03. The van der Waals surface area contributed by atoms with Crippen molar-refractivity contribution < 1.29 is 14.3 Å². The van der Waals surface area contributed by atoms with Crippen LogP contribution in [0.1, 0.15) is 30.8 Å². The summed E-state index contributed by atoms with van der Waals surface area (Å²) in [5, 5.41) is 9.87. The third-order valence-electron chi connectivity index (χ3n) is 3.82. The second-order valence-electron chi connectivity index (χ2n) is 6.15. The predicted octanol–water partition coefficient (Wildman–Crippen LogP) is 0.457. The maximum absolute atomic E-state index is 11.9. The number of nitrogens with two attached hydrogens (primary N) is 1. The molecule has 0 saturated carbocycles. The van der Waals surface area contributed by atoms with Gasteiger partial charge in [-0.2, -0.15) is 5.10 Å². The third-order valence-corrected chi connectivity index (χ3v) is 3.82. The SMILES string of the molecule is COCCn1nc(C)c(CNC(=O)NCC(C)(C)C(N)=O)c1C. The van der Waals surface area contributed by atoms with Crippen molar-refractivity contribution in [3.63, 3.8) is 0 Å². The second-order valence-corrected chi connectivity index (χ2v) is 6.15. The minimum absolute atomic E-state index is 0.180. The average Bonchev–Trinajstić information content (AvgIpc) is 2.75. The van der Waals surface area contributed by atoms with Gasteiger partial charge >= 0.3 is 6.03 Å². The zero-order valence-electron chi connectivity index (χ0n) is 14.5. The molecular formula is C15H27N5O3. The molecule has 1 rings (SSSR count). The fourth-order valence-corrected chi connectivity index (χ4v) is 2.00. The summed E-state index contributed by atoms with van der Waals surface area (Å²) in [6, 6.07) is -0.345. The van der Waals surface area contributed by atoms with E-state index in [9.17, 15) is 9.59 Å². The molecular weight excluding hydrogens is 298 g/mol. The molecule has 0 aliphatic carbocycles. The summed E-state index contributed by atoms with van der Waals surface area (Å²) >= 11 is 0. The van der Waals surface area contributed by atoms with E-state index in [0.29, 0.717) is 19.7 Å². The Morgan fingerprint density at radius 1 is 1.30 bits per heavy atom. The zero-order valence-corrected chi connectivity index (χ0v) is 14.5. The van der Waals surface area contributed by atoms with E-state index in [-0.39, 0.29) is 12.6 Å². The van der Waals surface area contributed by atoms with E-state index in [2.05, 4.69) is 15.7 Å².